The molecule has 0 atom stereocenters. The Bertz CT molecular complexity index is 847. The number of carbonyl (C=O) groups excluding carboxylic acids is 1. The summed E-state index contributed by atoms with van der Waals surface area (Å²) in [4.78, 5) is 12.1. The molecule has 0 spiro atoms. The molecule has 0 amide bonds. The summed E-state index contributed by atoms with van der Waals surface area (Å²) in [6.07, 6.45) is 0. The molecule has 0 bridgehead atoms. The number of rotatable bonds is 1. The highest BCUT2D eigenvalue weighted by Gasteiger charge is 2.34. The topological polar surface area (TPSA) is 107 Å². The van der Waals surface area contributed by atoms with Gasteiger partial charge in [0.15, 0.2) is 5.76 Å². The molecule has 0 saturated carbocycles. The monoisotopic (exact) mass is 288 g/mol. The fourth-order valence-corrected chi connectivity index (χ4v) is 2.74. The molecule has 2 aromatic rings. The van der Waals surface area contributed by atoms with Crippen LogP contribution in [0, 0.1) is 6.92 Å². The van der Waals surface area contributed by atoms with Gasteiger partial charge in [-0.1, -0.05) is 0 Å². The predicted molar refractivity (Wildman–Crippen MR) is 75.1 cm³/mol. The first-order valence-corrected chi connectivity index (χ1v) is 6.12. The van der Waals surface area contributed by atoms with Gasteiger partial charge in [0, 0.05) is 16.8 Å². The number of carbonyl (C=O) groups is 1. The summed E-state index contributed by atoms with van der Waals surface area (Å²) < 4.78 is 5.19. The van der Waals surface area contributed by atoms with E-state index >= 15 is 0 Å². The third-order valence-corrected chi connectivity index (χ3v) is 3.65. The van der Waals surface area contributed by atoms with Crippen LogP contribution in [-0.2, 0) is 0 Å². The average Bonchev–Trinajstić information content (AvgIpc) is 2.43. The Balaban J connectivity index is 2.68. The number of hydrogen-bond donors (Lipinski definition) is 4. The largest absolute Gasteiger partial charge is 0.507 e. The highest BCUT2D eigenvalue weighted by atomic mass is 16.5. The van der Waals surface area contributed by atoms with Crippen LogP contribution in [0.4, 0.5) is 0 Å². The Morgan fingerprint density at radius 1 is 0.905 bits per heavy atom. The quantitative estimate of drug-likeness (QED) is 0.642. The first kappa shape index (κ1) is 13.1. The van der Waals surface area contributed by atoms with E-state index in [0.29, 0.717) is 16.7 Å². The Labute approximate surface area is 119 Å². The van der Waals surface area contributed by atoms with Crippen LogP contribution >= 0.6 is 0 Å². The number of aliphatic hydroxyl groups excluding tert-OH is 2. The van der Waals surface area contributed by atoms with E-state index in [1.807, 2.05) is 0 Å². The van der Waals surface area contributed by atoms with Crippen molar-refractivity contribution in [2.24, 2.45) is 0 Å². The summed E-state index contributed by atoms with van der Waals surface area (Å²) in [6.45, 7) is 1.70. The lowest BCUT2D eigenvalue weighted by atomic mass is 9.86. The van der Waals surface area contributed by atoms with E-state index in [-0.39, 0.29) is 28.0 Å². The van der Waals surface area contributed by atoms with Crippen LogP contribution in [0.1, 0.15) is 21.5 Å². The first-order valence-electron chi connectivity index (χ1n) is 6.12. The number of aromatic hydroxyl groups is 2. The Hall–Kier alpha value is -2.89. The lowest BCUT2D eigenvalue weighted by Crippen LogP contribution is -2.13. The van der Waals surface area contributed by atoms with Gasteiger partial charge in [-0.15, -0.1) is 0 Å². The lowest BCUT2D eigenvalue weighted by molar-refractivity contribution is 0.0972. The zero-order valence-electron chi connectivity index (χ0n) is 11.3. The van der Waals surface area contributed by atoms with Crippen molar-refractivity contribution in [2.45, 2.75) is 6.92 Å². The molecule has 4 N–H and O–H groups in total. The van der Waals surface area contributed by atoms with E-state index in [0.717, 1.165) is 0 Å². The fourth-order valence-electron chi connectivity index (χ4n) is 2.74. The third kappa shape index (κ3) is 1.50. The molecular weight excluding hydrogens is 276 g/mol. The summed E-state index contributed by atoms with van der Waals surface area (Å²) in [5, 5.41) is 40.4. The molecule has 0 radical (unpaired) electrons. The molecule has 0 aliphatic heterocycles. The van der Waals surface area contributed by atoms with E-state index in [9.17, 15) is 25.2 Å². The minimum absolute atomic E-state index is 0.100. The highest BCUT2D eigenvalue weighted by molar-refractivity contribution is 6.26. The van der Waals surface area contributed by atoms with Crippen LogP contribution in [-0.4, -0.2) is 33.3 Å². The van der Waals surface area contributed by atoms with Crippen LogP contribution in [0.5, 0.6) is 17.2 Å². The van der Waals surface area contributed by atoms with Gasteiger partial charge in [-0.05, 0) is 18.6 Å². The van der Waals surface area contributed by atoms with Crippen LogP contribution in [0.3, 0.4) is 0 Å². The highest BCUT2D eigenvalue weighted by Crippen LogP contribution is 2.47. The minimum atomic E-state index is -0.914. The summed E-state index contributed by atoms with van der Waals surface area (Å²) in [5.74, 6) is -2.94. The smallest absolute Gasteiger partial charge is 0.235 e. The maximum Gasteiger partial charge on any atom is 0.235 e. The molecular formula is C15H12O6. The summed E-state index contributed by atoms with van der Waals surface area (Å²) in [5.41, 5.74) is 0.332. The van der Waals surface area contributed by atoms with E-state index in [1.165, 1.54) is 19.2 Å². The molecule has 6 nitrogen and oxygen atoms in total. The average molecular weight is 288 g/mol. The Kier molecular flexibility index (Phi) is 2.53. The number of hydrogen-bond acceptors (Lipinski definition) is 6. The number of Topliss-reactive ketones (excluding diaryl/α,β-unsaturated/α-hetero) is 1. The van der Waals surface area contributed by atoms with Gasteiger partial charge in [0.05, 0.1) is 18.2 Å². The molecule has 2 aromatic carbocycles. The van der Waals surface area contributed by atoms with Gasteiger partial charge in [-0.3, -0.25) is 4.79 Å². The molecule has 108 valence electrons. The van der Waals surface area contributed by atoms with Gasteiger partial charge in [-0.25, -0.2) is 0 Å². The second kappa shape index (κ2) is 4.05. The number of ether oxygens (including phenoxy) is 1. The van der Waals surface area contributed by atoms with E-state index in [2.05, 4.69) is 0 Å². The van der Waals surface area contributed by atoms with Crippen molar-refractivity contribution in [3.05, 3.63) is 34.6 Å². The maximum absolute atomic E-state index is 12.1. The van der Waals surface area contributed by atoms with Gasteiger partial charge < -0.3 is 25.2 Å². The third-order valence-electron chi connectivity index (χ3n) is 3.65. The van der Waals surface area contributed by atoms with Crippen molar-refractivity contribution in [1.29, 1.82) is 0 Å². The molecule has 0 saturated heterocycles. The number of benzene rings is 2. The number of phenols is 2. The second-order valence-electron chi connectivity index (χ2n) is 4.84. The molecule has 1 aliphatic carbocycles. The van der Waals surface area contributed by atoms with Crippen LogP contribution in [0.15, 0.2) is 17.9 Å². The zero-order valence-corrected chi connectivity index (χ0v) is 11.3. The molecule has 1 aliphatic rings. The molecule has 3 rings (SSSR count). The summed E-state index contributed by atoms with van der Waals surface area (Å²) >= 11 is 0. The fraction of sp³-hybridized carbons (Fsp3) is 0.133. The van der Waals surface area contributed by atoms with Gasteiger partial charge in [0.2, 0.25) is 11.5 Å². The van der Waals surface area contributed by atoms with E-state index < -0.39 is 17.3 Å². The van der Waals surface area contributed by atoms with Gasteiger partial charge in [0.1, 0.15) is 17.2 Å². The van der Waals surface area contributed by atoms with E-state index in [4.69, 9.17) is 4.74 Å². The number of aliphatic hydroxyl groups is 2. The normalized spacial score (nSPS) is 13.9. The van der Waals surface area contributed by atoms with Crippen molar-refractivity contribution in [3.8, 4) is 17.2 Å². The van der Waals surface area contributed by atoms with Gasteiger partial charge in [0.25, 0.3) is 0 Å². The molecule has 6 heteroatoms. The second-order valence-corrected chi connectivity index (χ2v) is 4.84. The van der Waals surface area contributed by atoms with Crippen LogP contribution in [0.25, 0.3) is 16.5 Å². The minimum Gasteiger partial charge on any atom is -0.507 e. The molecule has 21 heavy (non-hydrogen) atoms. The van der Waals surface area contributed by atoms with Gasteiger partial charge in [-0.2, -0.15) is 0 Å². The SMILES string of the molecule is COc1cc(O)c2c3c(c(O)cc(C)c13)C(=O)C(O)=C2O. The first-order chi connectivity index (χ1) is 9.88. The van der Waals surface area contributed by atoms with Crippen molar-refractivity contribution >= 4 is 22.3 Å². The number of allylic oxidation sites excluding steroid dienone is 1. The standard InChI is InChI=1S/C15H12O6/c1-5-3-6(16)10-12-9(5)8(21-2)4-7(17)11(12)14(19)15(20)13(10)18/h3-4,16-17,19-20H,1-2H3. The molecule has 0 aromatic heterocycles. The molecule has 0 unspecified atom stereocenters. The van der Waals surface area contributed by atoms with Crippen molar-refractivity contribution in [1.82, 2.24) is 0 Å². The number of ketones is 1. The predicted octanol–water partition coefficient (Wildman–Crippen LogP) is 2.55. The van der Waals surface area contributed by atoms with Crippen molar-refractivity contribution in [3.63, 3.8) is 0 Å². The summed E-state index contributed by atoms with van der Waals surface area (Å²) in [6, 6.07) is 2.65. The zero-order chi connectivity index (χ0) is 15.5. The van der Waals surface area contributed by atoms with Gasteiger partial charge >= 0.3 is 0 Å². The number of methoxy groups -OCH3 is 1. The maximum atomic E-state index is 12.1. The number of aryl methyl sites for hydroxylation is 1. The lowest BCUT2D eigenvalue weighted by Gasteiger charge is -2.21. The molecule has 0 heterocycles. The summed E-state index contributed by atoms with van der Waals surface area (Å²) in [7, 11) is 1.40. The molecule has 0 fully saturated rings. The number of phenolic OH excluding ortho intramolecular Hbond substituents is 2. The van der Waals surface area contributed by atoms with Crippen LogP contribution in [0.2, 0.25) is 0 Å². The van der Waals surface area contributed by atoms with E-state index in [1.54, 1.807) is 6.92 Å². The Morgan fingerprint density at radius 2 is 1.52 bits per heavy atom. The van der Waals surface area contributed by atoms with Crippen molar-refractivity contribution < 1.29 is 30.0 Å². The Morgan fingerprint density at radius 3 is 2.14 bits per heavy atom. The van der Waals surface area contributed by atoms with Crippen LogP contribution < -0.4 is 4.74 Å². The van der Waals surface area contributed by atoms with Crippen molar-refractivity contribution in [2.75, 3.05) is 7.11 Å².